The van der Waals surface area contributed by atoms with Crippen molar-refractivity contribution < 1.29 is 14.3 Å². The molecule has 0 radical (unpaired) electrons. The molecule has 2 saturated heterocycles. The van der Waals surface area contributed by atoms with Crippen LogP contribution >= 0.6 is 0 Å². The molecule has 0 aromatic carbocycles. The maximum atomic E-state index is 12.0. The number of carbonyl (C=O) groups is 1. The van der Waals surface area contributed by atoms with Gasteiger partial charge in [0.2, 0.25) is 0 Å². The van der Waals surface area contributed by atoms with Gasteiger partial charge in [0.05, 0.1) is 12.7 Å². The Morgan fingerprint density at radius 3 is 2.55 bits per heavy atom. The predicted molar refractivity (Wildman–Crippen MR) is 86.1 cm³/mol. The largest absolute Gasteiger partial charge is 0.444 e. The number of rotatable bonds is 3. The summed E-state index contributed by atoms with van der Waals surface area (Å²) in [5.74, 6) is 0. The second-order valence-electron chi connectivity index (χ2n) is 7.40. The van der Waals surface area contributed by atoms with Crippen LogP contribution in [0.15, 0.2) is 0 Å². The van der Waals surface area contributed by atoms with E-state index < -0.39 is 5.60 Å². The van der Waals surface area contributed by atoms with Crippen molar-refractivity contribution in [3.05, 3.63) is 0 Å². The van der Waals surface area contributed by atoms with Gasteiger partial charge >= 0.3 is 6.09 Å². The third kappa shape index (κ3) is 5.74. The molecule has 0 aliphatic carbocycles. The van der Waals surface area contributed by atoms with Crippen LogP contribution in [0.1, 0.15) is 33.6 Å². The summed E-state index contributed by atoms with van der Waals surface area (Å²) in [7, 11) is 2.13. The predicted octanol–water partition coefficient (Wildman–Crippen LogP) is 1.31. The second kappa shape index (κ2) is 7.62. The lowest BCUT2D eigenvalue weighted by molar-refractivity contribution is -0.0206. The Bertz CT molecular complexity index is 362. The van der Waals surface area contributed by atoms with Crippen molar-refractivity contribution in [2.45, 2.75) is 51.4 Å². The fourth-order valence-electron chi connectivity index (χ4n) is 2.88. The first-order valence-corrected chi connectivity index (χ1v) is 8.35. The molecule has 2 aliphatic rings. The van der Waals surface area contributed by atoms with Gasteiger partial charge in [-0.1, -0.05) is 0 Å². The summed E-state index contributed by atoms with van der Waals surface area (Å²) >= 11 is 0. The zero-order chi connectivity index (χ0) is 16.2. The van der Waals surface area contributed by atoms with Crippen molar-refractivity contribution in [2.75, 3.05) is 46.4 Å². The Morgan fingerprint density at radius 2 is 1.95 bits per heavy atom. The van der Waals surface area contributed by atoms with E-state index in [0.717, 1.165) is 52.2 Å². The molecule has 128 valence electrons. The summed E-state index contributed by atoms with van der Waals surface area (Å²) in [6.07, 6.45) is 2.04. The Balaban J connectivity index is 1.65. The number of hydrogen-bond donors (Lipinski definition) is 1. The van der Waals surface area contributed by atoms with Gasteiger partial charge in [-0.2, -0.15) is 0 Å². The molecule has 2 fully saturated rings. The minimum atomic E-state index is -0.420. The minimum Gasteiger partial charge on any atom is -0.444 e. The van der Waals surface area contributed by atoms with Crippen LogP contribution in [0, 0.1) is 0 Å². The maximum absolute atomic E-state index is 12.0. The zero-order valence-electron chi connectivity index (χ0n) is 14.4. The Morgan fingerprint density at radius 1 is 1.27 bits per heavy atom. The summed E-state index contributed by atoms with van der Waals surface area (Å²) in [6, 6.07) is 0.467. The van der Waals surface area contributed by atoms with E-state index in [1.807, 2.05) is 25.7 Å². The fraction of sp³-hybridized carbons (Fsp3) is 0.938. The number of hydrogen-bond acceptors (Lipinski definition) is 5. The molecule has 0 bridgehead atoms. The third-order valence-corrected chi connectivity index (χ3v) is 4.12. The molecule has 6 nitrogen and oxygen atoms in total. The van der Waals surface area contributed by atoms with E-state index in [1.165, 1.54) is 0 Å². The highest BCUT2D eigenvalue weighted by molar-refractivity contribution is 5.68. The number of nitrogens with one attached hydrogen (secondary N) is 1. The highest BCUT2D eigenvalue weighted by atomic mass is 16.6. The number of likely N-dealkylation sites (tertiary alicyclic amines) is 1. The first-order valence-electron chi connectivity index (χ1n) is 8.35. The SMILES string of the molecule is CN1CCOC(CNC2CCN(C(=O)OC(C)(C)C)CC2)C1. The molecule has 1 amide bonds. The first-order chi connectivity index (χ1) is 10.3. The molecule has 0 aromatic heterocycles. The highest BCUT2D eigenvalue weighted by Crippen LogP contribution is 2.15. The van der Waals surface area contributed by atoms with Crippen molar-refractivity contribution in [1.29, 1.82) is 0 Å². The molecular weight excluding hydrogens is 282 g/mol. The molecule has 0 aromatic rings. The summed E-state index contributed by atoms with van der Waals surface area (Å²) in [4.78, 5) is 16.1. The van der Waals surface area contributed by atoms with Crippen LogP contribution in [-0.2, 0) is 9.47 Å². The van der Waals surface area contributed by atoms with Gasteiger partial charge in [0.15, 0.2) is 0 Å². The van der Waals surface area contributed by atoms with Gasteiger partial charge in [-0.3, -0.25) is 0 Å². The number of likely N-dealkylation sites (N-methyl/N-ethyl adjacent to an activating group) is 1. The summed E-state index contributed by atoms with van der Waals surface area (Å²) < 4.78 is 11.2. The first kappa shape index (κ1) is 17.5. The Labute approximate surface area is 134 Å². The van der Waals surface area contributed by atoms with Crippen molar-refractivity contribution in [2.24, 2.45) is 0 Å². The van der Waals surface area contributed by atoms with Gasteiger partial charge in [0.25, 0.3) is 0 Å². The Hall–Kier alpha value is -0.850. The lowest BCUT2D eigenvalue weighted by atomic mass is 10.1. The van der Waals surface area contributed by atoms with E-state index in [1.54, 1.807) is 0 Å². The molecule has 1 atom stereocenters. The van der Waals surface area contributed by atoms with Crippen LogP contribution in [0.25, 0.3) is 0 Å². The topological polar surface area (TPSA) is 54.0 Å². The lowest BCUT2D eigenvalue weighted by Gasteiger charge is -2.35. The normalized spacial score (nSPS) is 25.3. The number of morpholine rings is 1. The van der Waals surface area contributed by atoms with E-state index in [9.17, 15) is 4.79 Å². The van der Waals surface area contributed by atoms with E-state index >= 15 is 0 Å². The van der Waals surface area contributed by atoms with Crippen molar-refractivity contribution in [3.63, 3.8) is 0 Å². The molecule has 6 heteroatoms. The van der Waals surface area contributed by atoms with Crippen LogP contribution in [0.5, 0.6) is 0 Å². The van der Waals surface area contributed by atoms with Crippen molar-refractivity contribution in [3.8, 4) is 0 Å². The molecule has 2 heterocycles. The van der Waals surface area contributed by atoms with E-state index in [2.05, 4.69) is 17.3 Å². The summed E-state index contributed by atoms with van der Waals surface area (Å²) in [6.45, 7) is 11.0. The van der Waals surface area contributed by atoms with Gasteiger partial charge in [-0.15, -0.1) is 0 Å². The number of ether oxygens (including phenoxy) is 2. The van der Waals surface area contributed by atoms with Crippen LogP contribution < -0.4 is 5.32 Å². The van der Waals surface area contributed by atoms with Crippen LogP contribution in [0.4, 0.5) is 4.79 Å². The van der Waals surface area contributed by atoms with Gasteiger partial charge in [0.1, 0.15) is 5.60 Å². The summed E-state index contributed by atoms with van der Waals surface area (Å²) in [5.41, 5.74) is -0.420. The minimum absolute atomic E-state index is 0.191. The van der Waals surface area contributed by atoms with Gasteiger partial charge in [-0.25, -0.2) is 4.79 Å². The van der Waals surface area contributed by atoms with Crippen molar-refractivity contribution >= 4 is 6.09 Å². The van der Waals surface area contributed by atoms with E-state index in [0.29, 0.717) is 6.04 Å². The standard InChI is InChI=1S/C16H31N3O3/c1-16(2,3)22-15(20)19-7-5-13(6-8-19)17-11-14-12-18(4)9-10-21-14/h13-14,17H,5-12H2,1-4H3. The zero-order valence-corrected chi connectivity index (χ0v) is 14.4. The van der Waals surface area contributed by atoms with Crippen LogP contribution in [0.2, 0.25) is 0 Å². The molecular formula is C16H31N3O3. The monoisotopic (exact) mass is 313 g/mol. The second-order valence-corrected chi connectivity index (χ2v) is 7.40. The number of nitrogens with zero attached hydrogens (tertiary/aromatic N) is 2. The molecule has 0 spiro atoms. The van der Waals surface area contributed by atoms with Crippen molar-refractivity contribution in [1.82, 2.24) is 15.1 Å². The molecule has 1 unspecified atom stereocenters. The maximum Gasteiger partial charge on any atom is 0.410 e. The lowest BCUT2D eigenvalue weighted by Crippen LogP contribution is -2.50. The Kier molecular flexibility index (Phi) is 6.06. The van der Waals surface area contributed by atoms with Gasteiger partial charge < -0.3 is 24.6 Å². The van der Waals surface area contributed by atoms with Crippen LogP contribution in [-0.4, -0.2) is 80.0 Å². The quantitative estimate of drug-likeness (QED) is 0.851. The average molecular weight is 313 g/mol. The number of carbonyl (C=O) groups excluding carboxylic acids is 1. The van der Waals surface area contributed by atoms with Gasteiger partial charge in [0, 0.05) is 38.8 Å². The van der Waals surface area contributed by atoms with E-state index in [4.69, 9.17) is 9.47 Å². The molecule has 2 rings (SSSR count). The molecule has 22 heavy (non-hydrogen) atoms. The summed E-state index contributed by atoms with van der Waals surface area (Å²) in [5, 5.41) is 3.59. The van der Waals surface area contributed by atoms with Gasteiger partial charge in [-0.05, 0) is 40.7 Å². The van der Waals surface area contributed by atoms with E-state index in [-0.39, 0.29) is 12.2 Å². The average Bonchev–Trinajstić information content (AvgIpc) is 2.44. The molecule has 1 N–H and O–H groups in total. The van der Waals surface area contributed by atoms with Crippen LogP contribution in [0.3, 0.4) is 0 Å². The fourth-order valence-corrected chi connectivity index (χ4v) is 2.88. The number of amides is 1. The third-order valence-electron chi connectivity index (χ3n) is 4.12. The highest BCUT2D eigenvalue weighted by Gasteiger charge is 2.27. The molecule has 0 saturated carbocycles. The number of piperidine rings is 1. The molecule has 2 aliphatic heterocycles. The smallest absolute Gasteiger partial charge is 0.410 e.